The second-order valence-corrected chi connectivity index (χ2v) is 7.93. The largest absolute Gasteiger partial charge is 0.399 e. The van der Waals surface area contributed by atoms with Gasteiger partial charge in [0.2, 0.25) is 0 Å². The molecule has 0 aliphatic carbocycles. The van der Waals surface area contributed by atoms with Gasteiger partial charge in [-0.3, -0.25) is 9.78 Å². The molecule has 0 radical (unpaired) electrons. The molecule has 30 heavy (non-hydrogen) atoms. The lowest BCUT2D eigenvalue weighted by Crippen LogP contribution is -2.44. The first-order valence-corrected chi connectivity index (χ1v) is 9.90. The maximum absolute atomic E-state index is 13.2. The number of nitrogens with zero attached hydrogens (tertiary/aromatic N) is 3. The number of nitrogens with two attached hydrogens (primary N) is 1. The quantitative estimate of drug-likeness (QED) is 0.439. The number of aromatic amines is 2. The smallest absolute Gasteiger partial charge is 0.330 e. The minimum atomic E-state index is -0.510. The summed E-state index contributed by atoms with van der Waals surface area (Å²) < 4.78 is 1.25. The summed E-state index contributed by atoms with van der Waals surface area (Å²) in [4.78, 5) is 37.7. The standard InChI is InChI=1S/C21H19ClN6O2/c1-11-18(28-20(29)17-19(25-10-24-17)26-21(28)30)15-8-13(22)5-6-16(15)27(11)9-12-3-2-4-14(23)7-12/h2-8,10-11,18H,9,23H2,1H3,(H,24,25)(H,26,30). The number of nitrogens with one attached hydrogen (secondary N) is 2. The van der Waals surface area contributed by atoms with E-state index in [-0.39, 0.29) is 17.2 Å². The number of H-pyrrole nitrogens is 2. The van der Waals surface area contributed by atoms with Gasteiger partial charge in [-0.15, -0.1) is 0 Å². The third-order valence-corrected chi connectivity index (χ3v) is 5.90. The van der Waals surface area contributed by atoms with Gasteiger partial charge in [-0.2, -0.15) is 0 Å². The number of anilines is 2. The average Bonchev–Trinajstić information content (AvgIpc) is 3.26. The molecule has 2 aromatic heterocycles. The number of fused-ring (bicyclic) bond motifs is 2. The van der Waals surface area contributed by atoms with Gasteiger partial charge in [-0.05, 0) is 42.8 Å². The molecule has 1 aliphatic heterocycles. The minimum absolute atomic E-state index is 0.181. The Morgan fingerprint density at radius 1 is 1.20 bits per heavy atom. The van der Waals surface area contributed by atoms with Gasteiger partial charge in [0.15, 0.2) is 5.65 Å². The first kappa shape index (κ1) is 18.5. The Labute approximate surface area is 175 Å². The average molecular weight is 423 g/mol. The van der Waals surface area contributed by atoms with Crippen molar-refractivity contribution in [3.8, 4) is 0 Å². The Morgan fingerprint density at radius 2 is 2.03 bits per heavy atom. The van der Waals surface area contributed by atoms with Gasteiger partial charge in [0.25, 0.3) is 5.56 Å². The van der Waals surface area contributed by atoms with Gasteiger partial charge in [0.1, 0.15) is 5.52 Å². The molecule has 4 aromatic rings. The topological polar surface area (TPSA) is 113 Å². The van der Waals surface area contributed by atoms with E-state index < -0.39 is 17.3 Å². The summed E-state index contributed by atoms with van der Waals surface area (Å²) in [6.07, 6.45) is 1.39. The third-order valence-electron chi connectivity index (χ3n) is 5.66. The maximum atomic E-state index is 13.2. The zero-order chi connectivity index (χ0) is 21.0. The Balaban J connectivity index is 1.68. The number of halogens is 1. The van der Waals surface area contributed by atoms with Gasteiger partial charge in [0.05, 0.1) is 18.4 Å². The summed E-state index contributed by atoms with van der Waals surface area (Å²) in [7, 11) is 0. The van der Waals surface area contributed by atoms with E-state index in [4.69, 9.17) is 17.3 Å². The lowest BCUT2D eigenvalue weighted by atomic mass is 10.0. The molecule has 2 unspecified atom stereocenters. The molecule has 4 N–H and O–H groups in total. The molecule has 0 spiro atoms. The second kappa shape index (κ2) is 6.77. The number of nitrogen functional groups attached to an aromatic ring is 1. The number of hydrogen-bond acceptors (Lipinski definition) is 5. The van der Waals surface area contributed by atoms with Gasteiger partial charge in [-0.25, -0.2) is 14.3 Å². The number of benzene rings is 2. The first-order valence-electron chi connectivity index (χ1n) is 9.52. The SMILES string of the molecule is CC1C(n2c(=O)[nH]c3nc[nH]c3c2=O)c2cc(Cl)ccc2N1Cc1cccc(N)c1. The zero-order valence-corrected chi connectivity index (χ0v) is 16.8. The van der Waals surface area contributed by atoms with Crippen molar-refractivity contribution in [2.45, 2.75) is 25.6 Å². The van der Waals surface area contributed by atoms with Crippen LogP contribution in [0.3, 0.4) is 0 Å². The molecule has 2 atom stereocenters. The Bertz CT molecular complexity index is 1390. The van der Waals surface area contributed by atoms with E-state index in [1.165, 1.54) is 10.9 Å². The highest BCUT2D eigenvalue weighted by Crippen LogP contribution is 2.42. The highest BCUT2D eigenvalue weighted by atomic mass is 35.5. The van der Waals surface area contributed by atoms with Crippen molar-refractivity contribution in [1.82, 2.24) is 19.5 Å². The van der Waals surface area contributed by atoms with Crippen molar-refractivity contribution in [2.24, 2.45) is 0 Å². The Hall–Kier alpha value is -3.52. The number of aromatic nitrogens is 4. The van der Waals surface area contributed by atoms with Crippen LogP contribution in [0.25, 0.3) is 11.2 Å². The van der Waals surface area contributed by atoms with Crippen LogP contribution in [0.2, 0.25) is 5.02 Å². The molecular formula is C21H19ClN6O2. The lowest BCUT2D eigenvalue weighted by Gasteiger charge is -2.28. The predicted octanol–water partition coefficient (Wildman–Crippen LogP) is 2.65. The predicted molar refractivity (Wildman–Crippen MR) is 117 cm³/mol. The summed E-state index contributed by atoms with van der Waals surface area (Å²) in [6.45, 7) is 2.57. The molecular weight excluding hydrogens is 404 g/mol. The number of hydrogen-bond donors (Lipinski definition) is 3. The van der Waals surface area contributed by atoms with Crippen molar-refractivity contribution < 1.29 is 0 Å². The van der Waals surface area contributed by atoms with E-state index in [9.17, 15) is 9.59 Å². The normalized spacial score (nSPS) is 18.1. The van der Waals surface area contributed by atoms with E-state index in [0.717, 1.165) is 16.8 Å². The summed E-state index contributed by atoms with van der Waals surface area (Å²) in [5.41, 5.74) is 9.00. The second-order valence-electron chi connectivity index (χ2n) is 7.49. The lowest BCUT2D eigenvalue weighted by molar-refractivity contribution is 0.469. The Kier molecular flexibility index (Phi) is 4.18. The van der Waals surface area contributed by atoms with E-state index in [0.29, 0.717) is 17.3 Å². The van der Waals surface area contributed by atoms with Crippen molar-refractivity contribution in [3.63, 3.8) is 0 Å². The minimum Gasteiger partial charge on any atom is -0.399 e. The van der Waals surface area contributed by atoms with E-state index in [1.807, 2.05) is 49.4 Å². The molecule has 8 nitrogen and oxygen atoms in total. The van der Waals surface area contributed by atoms with Crippen LogP contribution in [-0.4, -0.2) is 25.6 Å². The van der Waals surface area contributed by atoms with Crippen molar-refractivity contribution in [2.75, 3.05) is 10.6 Å². The van der Waals surface area contributed by atoms with Crippen molar-refractivity contribution >= 4 is 34.1 Å². The fourth-order valence-electron chi connectivity index (χ4n) is 4.32. The molecule has 0 saturated heterocycles. The fourth-order valence-corrected chi connectivity index (χ4v) is 4.51. The number of rotatable bonds is 3. The van der Waals surface area contributed by atoms with E-state index >= 15 is 0 Å². The van der Waals surface area contributed by atoms with E-state index in [1.54, 1.807) is 0 Å². The van der Waals surface area contributed by atoms with Gasteiger partial charge >= 0.3 is 5.69 Å². The number of imidazole rings is 1. The van der Waals surface area contributed by atoms with Crippen LogP contribution in [0.1, 0.15) is 24.1 Å². The van der Waals surface area contributed by atoms with Gasteiger partial charge in [-0.1, -0.05) is 23.7 Å². The molecule has 0 amide bonds. The highest BCUT2D eigenvalue weighted by Gasteiger charge is 2.39. The van der Waals surface area contributed by atoms with Gasteiger partial charge < -0.3 is 15.6 Å². The molecule has 152 valence electrons. The van der Waals surface area contributed by atoms with Crippen LogP contribution in [0, 0.1) is 0 Å². The molecule has 0 saturated carbocycles. The van der Waals surface area contributed by atoms with Crippen LogP contribution in [0.5, 0.6) is 0 Å². The van der Waals surface area contributed by atoms with E-state index in [2.05, 4.69) is 19.9 Å². The zero-order valence-electron chi connectivity index (χ0n) is 16.1. The van der Waals surface area contributed by atoms with Crippen LogP contribution >= 0.6 is 11.6 Å². The molecule has 9 heteroatoms. The molecule has 1 aliphatic rings. The highest BCUT2D eigenvalue weighted by molar-refractivity contribution is 6.30. The fraction of sp³-hybridized carbons (Fsp3) is 0.190. The molecule has 0 fully saturated rings. The summed E-state index contributed by atoms with van der Waals surface area (Å²) >= 11 is 6.29. The molecule has 0 bridgehead atoms. The molecule has 3 heterocycles. The first-order chi connectivity index (χ1) is 14.4. The summed E-state index contributed by atoms with van der Waals surface area (Å²) in [6, 6.07) is 12.5. The summed E-state index contributed by atoms with van der Waals surface area (Å²) in [5, 5.41) is 0.545. The van der Waals surface area contributed by atoms with Crippen LogP contribution in [-0.2, 0) is 6.54 Å². The maximum Gasteiger partial charge on any atom is 0.330 e. The third kappa shape index (κ3) is 2.80. The van der Waals surface area contributed by atoms with Gasteiger partial charge in [0, 0.05) is 28.5 Å². The molecule has 5 rings (SSSR count). The Morgan fingerprint density at radius 3 is 2.83 bits per heavy atom. The molecule has 2 aromatic carbocycles. The van der Waals surface area contributed by atoms with Crippen molar-refractivity contribution in [3.05, 3.63) is 85.8 Å². The summed E-state index contributed by atoms with van der Waals surface area (Å²) in [5.74, 6) is 0. The van der Waals surface area contributed by atoms with Crippen molar-refractivity contribution in [1.29, 1.82) is 0 Å². The van der Waals surface area contributed by atoms with Crippen LogP contribution in [0.4, 0.5) is 11.4 Å². The van der Waals surface area contributed by atoms with Crippen LogP contribution < -0.4 is 21.9 Å². The van der Waals surface area contributed by atoms with Crippen LogP contribution in [0.15, 0.2) is 58.4 Å². The monoisotopic (exact) mass is 422 g/mol.